The van der Waals surface area contributed by atoms with Crippen molar-refractivity contribution >= 4 is 0 Å². The monoisotopic (exact) mass is 254 g/mol. The Morgan fingerprint density at radius 1 is 1.17 bits per heavy atom. The number of hydrogen-bond acceptors (Lipinski definition) is 3. The van der Waals surface area contributed by atoms with Gasteiger partial charge >= 0.3 is 0 Å². The minimum absolute atomic E-state index is 0.605. The van der Waals surface area contributed by atoms with E-state index in [9.17, 15) is 0 Å². The molecule has 3 nitrogen and oxygen atoms in total. The first-order chi connectivity index (χ1) is 8.65. The predicted octanol–water partition coefficient (Wildman–Crippen LogP) is 2.12. The summed E-state index contributed by atoms with van der Waals surface area (Å²) in [5, 5.41) is 3.83. The molecular weight excluding hydrogens is 224 g/mol. The molecular formula is C15H30N2O. The number of rotatable bonds is 4. The van der Waals surface area contributed by atoms with Crippen LogP contribution in [-0.4, -0.2) is 49.8 Å². The maximum absolute atomic E-state index is 5.40. The Morgan fingerprint density at radius 3 is 2.56 bits per heavy atom. The van der Waals surface area contributed by atoms with Gasteiger partial charge in [0.15, 0.2) is 0 Å². The molecule has 0 spiro atoms. The minimum atomic E-state index is 0.605. The lowest BCUT2D eigenvalue weighted by atomic mass is 9.79. The second-order valence-electron chi connectivity index (χ2n) is 6.45. The normalized spacial score (nSPS) is 36.5. The van der Waals surface area contributed by atoms with E-state index in [1.54, 1.807) is 0 Å². The molecule has 1 saturated carbocycles. The molecule has 0 bridgehead atoms. The van der Waals surface area contributed by atoms with E-state index < -0.39 is 0 Å². The van der Waals surface area contributed by atoms with Gasteiger partial charge < -0.3 is 10.1 Å². The first kappa shape index (κ1) is 14.3. The van der Waals surface area contributed by atoms with E-state index in [0.29, 0.717) is 6.04 Å². The molecule has 0 aromatic rings. The Kier molecular flexibility index (Phi) is 5.46. The van der Waals surface area contributed by atoms with Gasteiger partial charge in [-0.2, -0.15) is 0 Å². The zero-order valence-corrected chi connectivity index (χ0v) is 12.3. The summed E-state index contributed by atoms with van der Waals surface area (Å²) >= 11 is 0. The Labute approximate surface area is 112 Å². The van der Waals surface area contributed by atoms with Crippen LogP contribution in [-0.2, 0) is 4.74 Å². The molecule has 18 heavy (non-hydrogen) atoms. The molecule has 0 aromatic carbocycles. The van der Waals surface area contributed by atoms with Crippen LogP contribution in [0.15, 0.2) is 0 Å². The van der Waals surface area contributed by atoms with Gasteiger partial charge in [0, 0.05) is 31.7 Å². The Bertz CT molecular complexity index is 241. The highest BCUT2D eigenvalue weighted by Gasteiger charge is 2.25. The van der Waals surface area contributed by atoms with Gasteiger partial charge in [-0.1, -0.05) is 13.8 Å². The molecule has 0 amide bonds. The van der Waals surface area contributed by atoms with Crippen molar-refractivity contribution in [2.45, 2.75) is 52.1 Å². The van der Waals surface area contributed by atoms with E-state index in [4.69, 9.17) is 4.74 Å². The van der Waals surface area contributed by atoms with Gasteiger partial charge in [0.05, 0.1) is 13.2 Å². The molecule has 106 valence electrons. The molecule has 1 aliphatic carbocycles. The smallest absolute Gasteiger partial charge is 0.0594 e. The largest absolute Gasteiger partial charge is 0.379 e. The third kappa shape index (κ3) is 4.22. The Morgan fingerprint density at radius 2 is 1.89 bits per heavy atom. The molecule has 2 fully saturated rings. The molecule has 2 rings (SSSR count). The summed E-state index contributed by atoms with van der Waals surface area (Å²) < 4.78 is 5.40. The fourth-order valence-electron chi connectivity index (χ4n) is 3.33. The average Bonchev–Trinajstić information content (AvgIpc) is 2.35. The van der Waals surface area contributed by atoms with Gasteiger partial charge in [0.1, 0.15) is 0 Å². The highest BCUT2D eigenvalue weighted by molar-refractivity contribution is 4.82. The van der Waals surface area contributed by atoms with Crippen LogP contribution in [0.2, 0.25) is 0 Å². The van der Waals surface area contributed by atoms with E-state index in [2.05, 4.69) is 31.0 Å². The lowest BCUT2D eigenvalue weighted by Gasteiger charge is -2.36. The maximum atomic E-state index is 5.40. The molecule has 0 aromatic heterocycles. The van der Waals surface area contributed by atoms with Crippen LogP contribution in [0.3, 0.4) is 0 Å². The molecule has 4 unspecified atom stereocenters. The van der Waals surface area contributed by atoms with Crippen LogP contribution in [0.25, 0.3) is 0 Å². The number of ether oxygens (including phenoxy) is 1. The second-order valence-corrected chi connectivity index (χ2v) is 6.45. The number of nitrogens with zero attached hydrogens (tertiary/aromatic N) is 1. The number of morpholine rings is 1. The standard InChI is InChI=1S/C15H30N2O/c1-12-4-5-15(10-13(12)2)16-14(3)11-17-6-8-18-9-7-17/h12-16H,4-11H2,1-3H3. The van der Waals surface area contributed by atoms with E-state index in [0.717, 1.165) is 44.2 Å². The van der Waals surface area contributed by atoms with E-state index >= 15 is 0 Å². The molecule has 1 N–H and O–H groups in total. The van der Waals surface area contributed by atoms with Crippen LogP contribution < -0.4 is 5.32 Å². The fourth-order valence-corrected chi connectivity index (χ4v) is 3.33. The summed E-state index contributed by atoms with van der Waals surface area (Å²) in [7, 11) is 0. The Hall–Kier alpha value is -0.120. The van der Waals surface area contributed by atoms with Gasteiger partial charge in [-0.25, -0.2) is 0 Å². The molecule has 1 aliphatic heterocycles. The van der Waals surface area contributed by atoms with E-state index in [1.165, 1.54) is 25.8 Å². The predicted molar refractivity (Wildman–Crippen MR) is 75.8 cm³/mol. The number of nitrogens with one attached hydrogen (secondary N) is 1. The van der Waals surface area contributed by atoms with Crippen molar-refractivity contribution in [3.05, 3.63) is 0 Å². The fraction of sp³-hybridized carbons (Fsp3) is 1.00. The summed E-state index contributed by atoms with van der Waals surface area (Å²) in [5.74, 6) is 1.80. The number of hydrogen-bond donors (Lipinski definition) is 1. The maximum Gasteiger partial charge on any atom is 0.0594 e. The highest BCUT2D eigenvalue weighted by Crippen LogP contribution is 2.29. The molecule has 1 saturated heterocycles. The molecule has 2 aliphatic rings. The molecule has 0 radical (unpaired) electrons. The molecule has 4 atom stereocenters. The van der Waals surface area contributed by atoms with Gasteiger partial charge in [-0.15, -0.1) is 0 Å². The van der Waals surface area contributed by atoms with Crippen LogP contribution in [0.1, 0.15) is 40.0 Å². The topological polar surface area (TPSA) is 24.5 Å². The van der Waals surface area contributed by atoms with Crippen molar-refractivity contribution in [1.29, 1.82) is 0 Å². The highest BCUT2D eigenvalue weighted by atomic mass is 16.5. The first-order valence-corrected chi connectivity index (χ1v) is 7.71. The Balaban J connectivity index is 1.68. The van der Waals surface area contributed by atoms with Crippen molar-refractivity contribution in [1.82, 2.24) is 10.2 Å². The SMILES string of the molecule is CC(CN1CCOCC1)NC1CCC(C)C(C)C1. The van der Waals surface area contributed by atoms with Gasteiger partial charge in [0.2, 0.25) is 0 Å². The second kappa shape index (κ2) is 6.88. The van der Waals surface area contributed by atoms with Gasteiger partial charge in [-0.3, -0.25) is 4.90 Å². The van der Waals surface area contributed by atoms with Crippen molar-refractivity contribution in [3.8, 4) is 0 Å². The van der Waals surface area contributed by atoms with Crippen molar-refractivity contribution in [2.75, 3.05) is 32.8 Å². The van der Waals surface area contributed by atoms with Crippen molar-refractivity contribution in [3.63, 3.8) is 0 Å². The molecule has 3 heteroatoms. The van der Waals surface area contributed by atoms with Crippen molar-refractivity contribution in [2.24, 2.45) is 11.8 Å². The molecule has 1 heterocycles. The zero-order valence-electron chi connectivity index (χ0n) is 12.3. The van der Waals surface area contributed by atoms with Crippen LogP contribution in [0.5, 0.6) is 0 Å². The van der Waals surface area contributed by atoms with E-state index in [1.807, 2.05) is 0 Å². The summed E-state index contributed by atoms with van der Waals surface area (Å²) in [6.07, 6.45) is 4.11. The third-order valence-corrected chi connectivity index (χ3v) is 4.75. The van der Waals surface area contributed by atoms with Crippen LogP contribution >= 0.6 is 0 Å². The summed E-state index contributed by atoms with van der Waals surface area (Å²) in [4.78, 5) is 2.52. The van der Waals surface area contributed by atoms with Crippen LogP contribution in [0, 0.1) is 11.8 Å². The third-order valence-electron chi connectivity index (χ3n) is 4.75. The quantitative estimate of drug-likeness (QED) is 0.832. The average molecular weight is 254 g/mol. The lowest BCUT2D eigenvalue weighted by molar-refractivity contribution is 0.0332. The zero-order chi connectivity index (χ0) is 13.0. The summed E-state index contributed by atoms with van der Waals surface area (Å²) in [6, 6.07) is 1.35. The van der Waals surface area contributed by atoms with Crippen molar-refractivity contribution < 1.29 is 4.74 Å². The van der Waals surface area contributed by atoms with Gasteiger partial charge in [-0.05, 0) is 38.0 Å². The first-order valence-electron chi connectivity index (χ1n) is 7.71. The van der Waals surface area contributed by atoms with Gasteiger partial charge in [0.25, 0.3) is 0 Å². The van der Waals surface area contributed by atoms with Crippen LogP contribution in [0.4, 0.5) is 0 Å². The minimum Gasteiger partial charge on any atom is -0.379 e. The summed E-state index contributed by atoms with van der Waals surface area (Å²) in [5.41, 5.74) is 0. The summed E-state index contributed by atoms with van der Waals surface area (Å²) in [6.45, 7) is 12.3. The van der Waals surface area contributed by atoms with E-state index in [-0.39, 0.29) is 0 Å². The lowest BCUT2D eigenvalue weighted by Crippen LogP contribution is -2.48.